The molecule has 36 heavy (non-hydrogen) atoms. The van der Waals surface area contributed by atoms with Crippen molar-refractivity contribution in [2.75, 3.05) is 27.2 Å². The molecule has 0 aromatic heterocycles. The lowest BCUT2D eigenvalue weighted by Crippen LogP contribution is -2.49. The maximum absolute atomic E-state index is 12.9. The van der Waals surface area contributed by atoms with Gasteiger partial charge in [0.1, 0.15) is 12.1 Å². The maximum atomic E-state index is 12.9. The molecule has 1 heterocycles. The summed E-state index contributed by atoms with van der Waals surface area (Å²) in [7, 11) is 3.83. The van der Waals surface area contributed by atoms with Crippen molar-refractivity contribution in [2.24, 2.45) is 0 Å². The van der Waals surface area contributed by atoms with Crippen molar-refractivity contribution >= 4 is 17.8 Å². The highest BCUT2D eigenvalue weighted by atomic mass is 16.4. The minimum atomic E-state index is -1.61. The monoisotopic (exact) mass is 497 g/mol. The van der Waals surface area contributed by atoms with E-state index in [1.165, 1.54) is 0 Å². The third-order valence-electron chi connectivity index (χ3n) is 6.08. The minimum absolute atomic E-state index is 0.143. The van der Waals surface area contributed by atoms with Gasteiger partial charge in [-0.1, -0.05) is 54.6 Å². The summed E-state index contributed by atoms with van der Waals surface area (Å²) in [6, 6.07) is 15.9. The molecule has 0 saturated carbocycles. The molecule has 2 amide bonds. The zero-order valence-electron chi connectivity index (χ0n) is 20.6. The zero-order chi connectivity index (χ0) is 26.1. The first-order chi connectivity index (χ1) is 17.2. The fourth-order valence-corrected chi connectivity index (χ4v) is 4.04. The third kappa shape index (κ3) is 8.13. The SMILES string of the molecule is CN(C)CCNC(=O)C1CC(C(=O)NC(Cc2ccc(-c3ccccc3)cc2)C[C@@H](O)C(=O)O)NN1. The number of nitrogens with zero attached hydrogens (tertiary/aromatic N) is 1. The fourth-order valence-electron chi connectivity index (χ4n) is 4.04. The summed E-state index contributed by atoms with van der Waals surface area (Å²) in [6.07, 6.45) is -1.15. The molecule has 10 heteroatoms. The van der Waals surface area contributed by atoms with Gasteiger partial charge >= 0.3 is 5.97 Å². The van der Waals surface area contributed by atoms with Crippen LogP contribution in [0.1, 0.15) is 18.4 Å². The molecule has 2 aromatic rings. The molecule has 2 aromatic carbocycles. The van der Waals surface area contributed by atoms with E-state index in [0.29, 0.717) is 19.5 Å². The number of hydrogen-bond donors (Lipinski definition) is 6. The summed E-state index contributed by atoms with van der Waals surface area (Å²) in [4.78, 5) is 38.5. The second kappa shape index (κ2) is 13.1. The Labute approximate surface area is 211 Å². The number of carbonyl (C=O) groups excluding carboxylic acids is 2. The molecular formula is C26H35N5O5. The average Bonchev–Trinajstić information content (AvgIpc) is 3.35. The predicted molar refractivity (Wildman–Crippen MR) is 136 cm³/mol. The molecule has 0 aliphatic carbocycles. The first kappa shape index (κ1) is 27.3. The molecule has 1 aliphatic rings. The normalized spacial score (nSPS) is 19.0. The van der Waals surface area contributed by atoms with Gasteiger partial charge in [0.25, 0.3) is 0 Å². The van der Waals surface area contributed by atoms with E-state index in [4.69, 9.17) is 0 Å². The minimum Gasteiger partial charge on any atom is -0.479 e. The summed E-state index contributed by atoms with van der Waals surface area (Å²) in [5.41, 5.74) is 8.71. The van der Waals surface area contributed by atoms with Gasteiger partial charge in [0.05, 0.1) is 0 Å². The van der Waals surface area contributed by atoms with E-state index in [0.717, 1.165) is 16.7 Å². The third-order valence-corrected chi connectivity index (χ3v) is 6.08. The average molecular weight is 498 g/mol. The molecule has 0 radical (unpaired) electrons. The number of hydrazine groups is 1. The van der Waals surface area contributed by atoms with Gasteiger partial charge < -0.3 is 25.7 Å². The van der Waals surface area contributed by atoms with Crippen molar-refractivity contribution in [3.05, 3.63) is 60.2 Å². The van der Waals surface area contributed by atoms with Gasteiger partial charge in [-0.2, -0.15) is 0 Å². The van der Waals surface area contributed by atoms with E-state index < -0.39 is 30.2 Å². The highest BCUT2D eigenvalue weighted by molar-refractivity contribution is 5.87. The van der Waals surface area contributed by atoms with Crippen LogP contribution in [0.5, 0.6) is 0 Å². The lowest BCUT2D eigenvalue weighted by atomic mass is 9.97. The van der Waals surface area contributed by atoms with E-state index in [-0.39, 0.29) is 24.7 Å². The number of benzene rings is 2. The highest BCUT2D eigenvalue weighted by Gasteiger charge is 2.34. The Hall–Kier alpha value is -3.31. The van der Waals surface area contributed by atoms with Crippen molar-refractivity contribution in [3.63, 3.8) is 0 Å². The van der Waals surface area contributed by atoms with Gasteiger partial charge in [0.15, 0.2) is 6.10 Å². The van der Waals surface area contributed by atoms with Gasteiger partial charge in [-0.25, -0.2) is 15.6 Å². The van der Waals surface area contributed by atoms with Crippen LogP contribution in [-0.4, -0.2) is 84.3 Å². The molecule has 3 unspecified atom stereocenters. The Morgan fingerprint density at radius 1 is 0.972 bits per heavy atom. The number of aliphatic hydroxyl groups is 1. The summed E-state index contributed by atoms with van der Waals surface area (Å²) in [5, 5.41) is 24.8. The number of aliphatic carboxylic acids is 1. The molecule has 194 valence electrons. The number of likely N-dealkylation sites (N-methyl/N-ethyl adjacent to an activating group) is 1. The van der Waals surface area contributed by atoms with Gasteiger partial charge in [-0.15, -0.1) is 0 Å². The largest absolute Gasteiger partial charge is 0.479 e. The summed E-state index contributed by atoms with van der Waals surface area (Å²) in [6.45, 7) is 1.20. The Bertz CT molecular complexity index is 1020. The van der Waals surface area contributed by atoms with Gasteiger partial charge in [0, 0.05) is 25.6 Å². The molecule has 0 spiro atoms. The fraction of sp³-hybridized carbons (Fsp3) is 0.423. The van der Waals surface area contributed by atoms with Crippen molar-refractivity contribution in [2.45, 2.75) is 43.5 Å². The quantitative estimate of drug-likeness (QED) is 0.243. The Balaban J connectivity index is 1.60. The van der Waals surface area contributed by atoms with Gasteiger partial charge in [-0.05, 0) is 43.6 Å². The number of carboxylic acids is 1. The lowest BCUT2D eigenvalue weighted by Gasteiger charge is -2.22. The standard InChI is InChI=1S/C26H35N5O5/c1-31(2)13-12-27-24(33)21-16-22(30-29-21)25(34)28-20(15-23(32)26(35)36)14-17-8-10-19(11-9-17)18-6-4-3-5-7-18/h3-11,20-23,29-30,32H,12-16H2,1-2H3,(H,27,33)(H,28,34)(H,35,36)/t20?,21?,22?,23-/m1/s1. The number of nitrogens with one attached hydrogen (secondary N) is 4. The van der Waals surface area contributed by atoms with E-state index in [2.05, 4.69) is 21.5 Å². The zero-order valence-corrected chi connectivity index (χ0v) is 20.6. The van der Waals surface area contributed by atoms with Crippen LogP contribution < -0.4 is 21.5 Å². The van der Waals surface area contributed by atoms with E-state index in [9.17, 15) is 24.6 Å². The topological polar surface area (TPSA) is 143 Å². The van der Waals surface area contributed by atoms with Crippen LogP contribution in [0.2, 0.25) is 0 Å². The molecule has 1 fully saturated rings. The van der Waals surface area contributed by atoms with E-state index >= 15 is 0 Å². The van der Waals surface area contributed by atoms with Crippen molar-refractivity contribution in [1.29, 1.82) is 0 Å². The Morgan fingerprint density at radius 3 is 2.19 bits per heavy atom. The van der Waals surface area contributed by atoms with Crippen LogP contribution in [-0.2, 0) is 20.8 Å². The first-order valence-corrected chi connectivity index (χ1v) is 12.0. The molecular weight excluding hydrogens is 462 g/mol. The second-order valence-corrected chi connectivity index (χ2v) is 9.29. The van der Waals surface area contributed by atoms with Crippen molar-refractivity contribution < 1.29 is 24.6 Å². The molecule has 4 atom stereocenters. The highest BCUT2D eigenvalue weighted by Crippen LogP contribution is 2.20. The molecule has 0 bridgehead atoms. The Morgan fingerprint density at radius 2 is 1.58 bits per heavy atom. The number of carbonyl (C=O) groups is 3. The second-order valence-electron chi connectivity index (χ2n) is 9.29. The summed E-state index contributed by atoms with van der Waals surface area (Å²) >= 11 is 0. The van der Waals surface area contributed by atoms with E-state index in [1.54, 1.807) is 0 Å². The predicted octanol–water partition coefficient (Wildman–Crippen LogP) is 0.129. The van der Waals surface area contributed by atoms with E-state index in [1.807, 2.05) is 73.6 Å². The summed E-state index contributed by atoms with van der Waals surface area (Å²) < 4.78 is 0. The van der Waals surface area contributed by atoms with Crippen LogP contribution in [0.3, 0.4) is 0 Å². The Kier molecular flexibility index (Phi) is 9.95. The van der Waals surface area contributed by atoms with Crippen LogP contribution in [0.25, 0.3) is 11.1 Å². The van der Waals surface area contributed by atoms with Crippen LogP contribution in [0, 0.1) is 0 Å². The van der Waals surface area contributed by atoms with Gasteiger partial charge in [-0.3, -0.25) is 9.59 Å². The molecule has 10 nitrogen and oxygen atoms in total. The molecule has 1 saturated heterocycles. The molecule has 3 rings (SSSR count). The lowest BCUT2D eigenvalue weighted by molar-refractivity contribution is -0.147. The summed E-state index contributed by atoms with van der Waals surface area (Å²) in [5.74, 6) is -1.91. The number of aliphatic hydroxyl groups excluding tert-OH is 1. The van der Waals surface area contributed by atoms with Crippen molar-refractivity contribution in [1.82, 2.24) is 26.4 Å². The molecule has 6 N–H and O–H groups in total. The van der Waals surface area contributed by atoms with Crippen LogP contribution in [0.4, 0.5) is 0 Å². The number of carboxylic acid groups (broad SMARTS) is 1. The smallest absolute Gasteiger partial charge is 0.332 e. The first-order valence-electron chi connectivity index (χ1n) is 12.0. The van der Waals surface area contributed by atoms with Crippen molar-refractivity contribution in [3.8, 4) is 11.1 Å². The molecule has 1 aliphatic heterocycles. The van der Waals surface area contributed by atoms with Gasteiger partial charge in [0.2, 0.25) is 11.8 Å². The number of amides is 2. The van der Waals surface area contributed by atoms with Crippen LogP contribution in [0.15, 0.2) is 54.6 Å². The van der Waals surface area contributed by atoms with Crippen LogP contribution >= 0.6 is 0 Å². The number of rotatable bonds is 12. The number of hydrogen-bond acceptors (Lipinski definition) is 7. The maximum Gasteiger partial charge on any atom is 0.332 e.